The SMILES string of the molecule is C=c1cc(C(=O)O)c2nnnn2/c1=C/C(C)=C(C)C.CC. The minimum atomic E-state index is -1.07. The summed E-state index contributed by atoms with van der Waals surface area (Å²) in [6.45, 7) is 13.8. The van der Waals surface area contributed by atoms with E-state index in [9.17, 15) is 4.79 Å². The van der Waals surface area contributed by atoms with Gasteiger partial charge in [-0.2, -0.15) is 4.52 Å². The Morgan fingerprint density at radius 3 is 2.48 bits per heavy atom. The first-order valence-corrected chi connectivity index (χ1v) is 6.71. The second-order valence-corrected chi connectivity index (χ2v) is 4.52. The van der Waals surface area contributed by atoms with E-state index in [2.05, 4.69) is 22.1 Å². The summed E-state index contributed by atoms with van der Waals surface area (Å²) < 4.78 is 1.40. The van der Waals surface area contributed by atoms with Crippen molar-refractivity contribution < 1.29 is 9.90 Å². The highest BCUT2D eigenvalue weighted by Crippen LogP contribution is 2.04. The first-order chi connectivity index (χ1) is 9.91. The van der Waals surface area contributed by atoms with E-state index < -0.39 is 5.97 Å². The normalized spacial score (nSPS) is 11.0. The van der Waals surface area contributed by atoms with E-state index in [-0.39, 0.29) is 11.2 Å². The zero-order chi connectivity index (χ0) is 16.2. The third-order valence-electron chi connectivity index (χ3n) is 2.96. The van der Waals surface area contributed by atoms with Gasteiger partial charge in [-0.25, -0.2) is 4.79 Å². The molecule has 0 unspecified atom stereocenters. The van der Waals surface area contributed by atoms with E-state index in [4.69, 9.17) is 5.11 Å². The van der Waals surface area contributed by atoms with Gasteiger partial charge in [-0.3, -0.25) is 0 Å². The number of hydrogen-bond donors (Lipinski definition) is 1. The lowest BCUT2D eigenvalue weighted by molar-refractivity contribution is 0.0698. The number of tetrazole rings is 1. The van der Waals surface area contributed by atoms with E-state index in [1.807, 2.05) is 40.7 Å². The van der Waals surface area contributed by atoms with Crippen molar-refractivity contribution in [2.75, 3.05) is 0 Å². The Bertz CT molecular complexity index is 799. The van der Waals surface area contributed by atoms with Gasteiger partial charge in [0.1, 0.15) is 5.56 Å². The van der Waals surface area contributed by atoms with E-state index in [0.717, 1.165) is 11.1 Å². The Hall–Kier alpha value is -2.50. The first-order valence-electron chi connectivity index (χ1n) is 6.71. The molecular formula is C15H20N4O2. The van der Waals surface area contributed by atoms with Gasteiger partial charge in [0.2, 0.25) is 0 Å². The number of rotatable bonds is 2. The lowest BCUT2D eigenvalue weighted by Gasteiger charge is -2.00. The molecule has 2 aromatic heterocycles. The monoisotopic (exact) mass is 288 g/mol. The molecule has 6 nitrogen and oxygen atoms in total. The molecule has 0 aliphatic rings. The van der Waals surface area contributed by atoms with Gasteiger partial charge in [0.05, 0.1) is 5.35 Å². The Kier molecular flexibility index (Phi) is 5.35. The largest absolute Gasteiger partial charge is 0.478 e. The molecule has 0 fully saturated rings. The van der Waals surface area contributed by atoms with Crippen LogP contribution in [0.5, 0.6) is 0 Å². The van der Waals surface area contributed by atoms with Gasteiger partial charge in [0.25, 0.3) is 0 Å². The van der Waals surface area contributed by atoms with Crippen molar-refractivity contribution in [3.8, 4) is 0 Å². The molecular weight excluding hydrogens is 268 g/mol. The van der Waals surface area contributed by atoms with Crippen LogP contribution in [0.1, 0.15) is 45.0 Å². The Morgan fingerprint density at radius 1 is 1.33 bits per heavy atom. The highest BCUT2D eigenvalue weighted by Gasteiger charge is 2.13. The number of carboxylic acid groups (broad SMARTS) is 1. The zero-order valence-electron chi connectivity index (χ0n) is 13.0. The molecule has 0 spiro atoms. The number of carbonyl (C=O) groups is 1. The molecule has 0 amide bonds. The maximum atomic E-state index is 11.2. The summed E-state index contributed by atoms with van der Waals surface area (Å²) in [5.41, 5.74) is 2.47. The molecule has 2 heterocycles. The molecule has 112 valence electrons. The standard InChI is InChI=1S/C13H14N4O2.C2H6/c1-7(2)8(3)6-11-9(4)5-10(13(18)19)12-14-15-16-17(11)12;1-2/h5-6H,4H2,1-3H3,(H,18,19);1-2H3/b11-6+;. The summed E-state index contributed by atoms with van der Waals surface area (Å²) in [6, 6.07) is 1.48. The summed E-state index contributed by atoms with van der Waals surface area (Å²) >= 11 is 0. The van der Waals surface area contributed by atoms with Gasteiger partial charge in [-0.1, -0.05) is 31.6 Å². The van der Waals surface area contributed by atoms with Crippen LogP contribution in [0.3, 0.4) is 0 Å². The molecule has 2 rings (SSSR count). The molecule has 0 bridgehead atoms. The van der Waals surface area contributed by atoms with Crippen LogP contribution in [0.4, 0.5) is 0 Å². The van der Waals surface area contributed by atoms with Gasteiger partial charge in [-0.15, -0.1) is 5.10 Å². The molecule has 21 heavy (non-hydrogen) atoms. The molecule has 1 N–H and O–H groups in total. The lowest BCUT2D eigenvalue weighted by atomic mass is 10.1. The van der Waals surface area contributed by atoms with Crippen LogP contribution in [-0.4, -0.2) is 31.1 Å². The fraction of sp³-hybridized carbons (Fsp3) is 0.333. The molecule has 0 aliphatic carbocycles. The van der Waals surface area contributed by atoms with Gasteiger partial charge >= 0.3 is 5.97 Å². The average Bonchev–Trinajstić information content (AvgIpc) is 2.92. The predicted molar refractivity (Wildman–Crippen MR) is 82.4 cm³/mol. The number of pyridine rings is 1. The molecule has 0 aromatic carbocycles. The highest BCUT2D eigenvalue weighted by molar-refractivity contribution is 5.94. The van der Waals surface area contributed by atoms with Crippen LogP contribution >= 0.6 is 0 Å². The number of nitrogens with zero attached hydrogens (tertiary/aromatic N) is 4. The fourth-order valence-electron chi connectivity index (χ4n) is 1.63. The molecule has 0 saturated carbocycles. The predicted octanol–water partition coefficient (Wildman–Crippen LogP) is 1.40. The van der Waals surface area contributed by atoms with Crippen molar-refractivity contribution in [1.29, 1.82) is 0 Å². The highest BCUT2D eigenvalue weighted by atomic mass is 16.4. The maximum absolute atomic E-state index is 11.2. The number of allylic oxidation sites excluding steroid dienone is 2. The van der Waals surface area contributed by atoms with E-state index in [1.54, 1.807) is 0 Å². The van der Waals surface area contributed by atoms with Crippen molar-refractivity contribution in [3.63, 3.8) is 0 Å². The fourth-order valence-corrected chi connectivity index (χ4v) is 1.63. The zero-order valence-corrected chi connectivity index (χ0v) is 13.0. The van der Waals surface area contributed by atoms with Crippen molar-refractivity contribution in [2.24, 2.45) is 0 Å². The minimum Gasteiger partial charge on any atom is -0.478 e. The lowest BCUT2D eigenvalue weighted by Crippen LogP contribution is -2.33. The number of aromatic nitrogens is 4. The number of carboxylic acids is 1. The minimum absolute atomic E-state index is 0.0435. The van der Waals surface area contributed by atoms with Gasteiger partial charge in [0, 0.05) is 0 Å². The molecule has 0 atom stereocenters. The van der Waals surface area contributed by atoms with E-state index in [0.29, 0.717) is 10.6 Å². The van der Waals surface area contributed by atoms with Crippen LogP contribution in [0.25, 0.3) is 18.3 Å². The second-order valence-electron chi connectivity index (χ2n) is 4.52. The molecule has 2 aromatic rings. The summed E-state index contributed by atoms with van der Waals surface area (Å²) in [6.07, 6.45) is 1.90. The van der Waals surface area contributed by atoms with Crippen LogP contribution in [-0.2, 0) is 0 Å². The second kappa shape index (κ2) is 6.78. The third kappa shape index (κ3) is 3.34. The summed E-state index contributed by atoms with van der Waals surface area (Å²) in [5, 5.41) is 21.5. The Morgan fingerprint density at radius 2 is 1.95 bits per heavy atom. The summed E-state index contributed by atoms with van der Waals surface area (Å²) in [7, 11) is 0. The topological polar surface area (TPSA) is 80.4 Å². The van der Waals surface area contributed by atoms with E-state index in [1.165, 1.54) is 10.6 Å². The van der Waals surface area contributed by atoms with Gasteiger partial charge in [-0.05, 0) is 48.6 Å². The Labute approximate surface area is 123 Å². The van der Waals surface area contributed by atoms with E-state index >= 15 is 0 Å². The van der Waals surface area contributed by atoms with Crippen molar-refractivity contribution in [1.82, 2.24) is 20.0 Å². The van der Waals surface area contributed by atoms with Crippen LogP contribution in [0, 0.1) is 0 Å². The number of fused-ring (bicyclic) bond motifs is 1. The quantitative estimate of drug-likeness (QED) is 0.903. The van der Waals surface area contributed by atoms with Crippen molar-refractivity contribution in [2.45, 2.75) is 34.6 Å². The Balaban J connectivity index is 0.00000106. The molecule has 6 heteroatoms. The maximum Gasteiger partial charge on any atom is 0.339 e. The average molecular weight is 288 g/mol. The van der Waals surface area contributed by atoms with Crippen LogP contribution in [0.15, 0.2) is 17.2 Å². The molecule has 0 aliphatic heterocycles. The summed E-state index contributed by atoms with van der Waals surface area (Å²) in [4.78, 5) is 11.2. The van der Waals surface area contributed by atoms with Gasteiger partial charge < -0.3 is 5.11 Å². The van der Waals surface area contributed by atoms with Crippen LogP contribution < -0.4 is 10.6 Å². The van der Waals surface area contributed by atoms with Crippen molar-refractivity contribution in [3.05, 3.63) is 33.3 Å². The summed E-state index contributed by atoms with van der Waals surface area (Å²) in [5.74, 6) is -1.07. The first kappa shape index (κ1) is 16.6. The number of aromatic carboxylic acids is 1. The number of hydrogen-bond acceptors (Lipinski definition) is 4. The van der Waals surface area contributed by atoms with Crippen LogP contribution in [0.2, 0.25) is 0 Å². The van der Waals surface area contributed by atoms with Crippen molar-refractivity contribution >= 4 is 24.3 Å². The molecule has 0 saturated heterocycles. The third-order valence-corrected chi connectivity index (χ3v) is 2.96. The molecule has 0 radical (unpaired) electrons. The van der Waals surface area contributed by atoms with Gasteiger partial charge in [0.15, 0.2) is 5.65 Å². The smallest absolute Gasteiger partial charge is 0.339 e.